The van der Waals surface area contributed by atoms with E-state index in [0.717, 1.165) is 10.5 Å². The van der Waals surface area contributed by atoms with Gasteiger partial charge in [-0.1, -0.05) is 24.3 Å². The van der Waals surface area contributed by atoms with E-state index < -0.39 is 0 Å². The second-order valence-corrected chi connectivity index (χ2v) is 7.40. The van der Waals surface area contributed by atoms with Gasteiger partial charge in [-0.25, -0.2) is 0 Å². The van der Waals surface area contributed by atoms with E-state index in [4.69, 9.17) is 0 Å². The van der Waals surface area contributed by atoms with Crippen molar-refractivity contribution in [3.63, 3.8) is 0 Å². The maximum Gasteiger partial charge on any atom is 0.242 e. The Morgan fingerprint density at radius 1 is 1.12 bits per heavy atom. The molecular formula is C19H22N2O3S. The van der Waals surface area contributed by atoms with Crippen LogP contribution in [0.25, 0.3) is 0 Å². The summed E-state index contributed by atoms with van der Waals surface area (Å²) < 4.78 is 0. The molecule has 2 aliphatic rings. The Hall–Kier alpha value is -2.08. The summed E-state index contributed by atoms with van der Waals surface area (Å²) in [6.07, 6.45) is 7.10. The first-order valence-corrected chi connectivity index (χ1v) is 9.61. The lowest BCUT2D eigenvalue weighted by Crippen LogP contribution is -2.41. The van der Waals surface area contributed by atoms with Crippen LogP contribution < -0.4 is 0 Å². The number of fused-ring (bicyclic) bond motifs is 1. The molecular weight excluding hydrogens is 336 g/mol. The van der Waals surface area contributed by atoms with Crippen LogP contribution in [-0.2, 0) is 20.9 Å². The normalized spacial score (nSPS) is 22.2. The first-order valence-electron chi connectivity index (χ1n) is 8.38. The third kappa shape index (κ3) is 3.63. The number of rotatable bonds is 5. The number of hydrogen-bond donors (Lipinski definition) is 0. The smallest absolute Gasteiger partial charge is 0.242 e. The largest absolute Gasteiger partial charge is 0.340 e. The first kappa shape index (κ1) is 17.7. The predicted octanol–water partition coefficient (Wildman–Crippen LogP) is 2.32. The number of carbonyl (C=O) groups is 3. The molecule has 1 aromatic carbocycles. The highest BCUT2D eigenvalue weighted by Crippen LogP contribution is 2.34. The zero-order chi connectivity index (χ0) is 18.0. The van der Waals surface area contributed by atoms with Crippen LogP contribution in [0.2, 0.25) is 0 Å². The maximum absolute atomic E-state index is 12.5. The summed E-state index contributed by atoms with van der Waals surface area (Å²) in [5.74, 6) is -1.19. The Kier molecular flexibility index (Phi) is 5.27. The number of nitrogens with zero attached hydrogens (tertiary/aromatic N) is 2. The molecule has 0 unspecified atom stereocenters. The van der Waals surface area contributed by atoms with E-state index >= 15 is 0 Å². The van der Waals surface area contributed by atoms with Crippen molar-refractivity contribution < 1.29 is 14.4 Å². The fraction of sp³-hybridized carbons (Fsp3) is 0.421. The summed E-state index contributed by atoms with van der Waals surface area (Å²) in [4.78, 5) is 41.2. The van der Waals surface area contributed by atoms with E-state index in [1.54, 1.807) is 23.7 Å². The zero-order valence-corrected chi connectivity index (χ0v) is 15.3. The number of amides is 3. The van der Waals surface area contributed by atoms with Gasteiger partial charge in [-0.05, 0) is 36.8 Å². The topological polar surface area (TPSA) is 57.7 Å². The second-order valence-electron chi connectivity index (χ2n) is 6.52. The van der Waals surface area contributed by atoms with Crippen molar-refractivity contribution in [2.45, 2.75) is 24.3 Å². The highest BCUT2D eigenvalue weighted by Gasteiger charge is 2.47. The zero-order valence-electron chi connectivity index (χ0n) is 14.5. The van der Waals surface area contributed by atoms with E-state index in [2.05, 4.69) is 0 Å². The van der Waals surface area contributed by atoms with Gasteiger partial charge in [0.2, 0.25) is 17.7 Å². The summed E-state index contributed by atoms with van der Waals surface area (Å²) in [5, 5.41) is 0. The molecule has 1 aliphatic carbocycles. The molecule has 3 amide bonds. The lowest BCUT2D eigenvalue weighted by atomic mass is 9.85. The molecule has 1 aromatic rings. The Balaban J connectivity index is 1.61. The fourth-order valence-electron chi connectivity index (χ4n) is 3.37. The molecule has 1 fully saturated rings. The lowest BCUT2D eigenvalue weighted by molar-refractivity contribution is -0.146. The number of imide groups is 1. The van der Waals surface area contributed by atoms with Gasteiger partial charge in [-0.2, -0.15) is 0 Å². The number of carbonyl (C=O) groups excluding carboxylic acids is 3. The Morgan fingerprint density at radius 2 is 1.68 bits per heavy atom. The van der Waals surface area contributed by atoms with Crippen LogP contribution in [0.15, 0.2) is 41.3 Å². The van der Waals surface area contributed by atoms with Crippen molar-refractivity contribution in [3.05, 3.63) is 42.0 Å². The Bertz CT molecular complexity index is 688. The van der Waals surface area contributed by atoms with Crippen molar-refractivity contribution >= 4 is 29.5 Å². The van der Waals surface area contributed by atoms with Crippen LogP contribution in [0.4, 0.5) is 0 Å². The monoisotopic (exact) mass is 358 g/mol. The van der Waals surface area contributed by atoms with E-state index in [-0.39, 0.29) is 36.1 Å². The van der Waals surface area contributed by atoms with Crippen molar-refractivity contribution in [1.29, 1.82) is 0 Å². The molecule has 0 spiro atoms. The molecule has 0 N–H and O–H groups in total. The van der Waals surface area contributed by atoms with Crippen LogP contribution in [0.5, 0.6) is 0 Å². The Morgan fingerprint density at radius 3 is 2.20 bits per heavy atom. The quantitative estimate of drug-likeness (QED) is 0.460. The standard InChI is InChI=1S/C19H22N2O3S/c1-20(11-13-7-9-14(25-2)10-8-13)17(22)12-21-18(23)15-5-3-4-6-16(15)19(21)24/h3-4,7-10,15-16H,5-6,11-12H2,1-2H3/t15-,16-/m1/s1. The van der Waals surface area contributed by atoms with Gasteiger partial charge in [0.05, 0.1) is 11.8 Å². The third-order valence-electron chi connectivity index (χ3n) is 4.90. The van der Waals surface area contributed by atoms with Crippen molar-refractivity contribution in [2.75, 3.05) is 19.8 Å². The number of allylic oxidation sites excluding steroid dienone is 2. The molecule has 2 atom stereocenters. The SMILES string of the molecule is CSc1ccc(CN(C)C(=O)CN2C(=O)[C@@H]3CC=CC[C@H]3C2=O)cc1. The number of likely N-dealkylation sites (tertiary alicyclic amines) is 1. The molecule has 1 saturated heterocycles. The molecule has 0 saturated carbocycles. The van der Waals surface area contributed by atoms with Gasteiger partial charge in [0, 0.05) is 18.5 Å². The van der Waals surface area contributed by atoms with Crippen molar-refractivity contribution in [3.8, 4) is 0 Å². The van der Waals surface area contributed by atoms with Gasteiger partial charge in [0.25, 0.3) is 0 Å². The minimum Gasteiger partial charge on any atom is -0.340 e. The van der Waals surface area contributed by atoms with Gasteiger partial charge >= 0.3 is 0 Å². The second kappa shape index (κ2) is 7.44. The molecule has 0 aromatic heterocycles. The third-order valence-corrected chi connectivity index (χ3v) is 5.64. The van der Waals surface area contributed by atoms with Gasteiger partial charge < -0.3 is 4.90 Å². The minimum absolute atomic E-state index is 0.163. The predicted molar refractivity (Wildman–Crippen MR) is 96.8 cm³/mol. The molecule has 3 rings (SSSR count). The van der Waals surface area contributed by atoms with E-state index in [0.29, 0.717) is 19.4 Å². The van der Waals surface area contributed by atoms with E-state index in [9.17, 15) is 14.4 Å². The van der Waals surface area contributed by atoms with E-state index in [1.165, 1.54) is 4.90 Å². The number of likely N-dealkylation sites (N-methyl/N-ethyl adjacent to an activating group) is 1. The van der Waals surface area contributed by atoms with Gasteiger partial charge in [0.15, 0.2) is 0 Å². The summed E-state index contributed by atoms with van der Waals surface area (Å²) in [6.45, 7) is 0.294. The van der Waals surface area contributed by atoms with Crippen LogP contribution >= 0.6 is 11.8 Å². The minimum atomic E-state index is -0.283. The number of hydrogen-bond acceptors (Lipinski definition) is 4. The average Bonchev–Trinajstić information content (AvgIpc) is 2.87. The van der Waals surface area contributed by atoms with Crippen LogP contribution in [-0.4, -0.2) is 47.4 Å². The van der Waals surface area contributed by atoms with E-state index in [1.807, 2.05) is 42.7 Å². The van der Waals surface area contributed by atoms with Crippen molar-refractivity contribution in [2.24, 2.45) is 11.8 Å². The molecule has 6 heteroatoms. The Labute approximate surface area is 152 Å². The number of benzene rings is 1. The summed E-state index contributed by atoms with van der Waals surface area (Å²) in [6, 6.07) is 8.01. The molecule has 132 valence electrons. The van der Waals surface area contributed by atoms with Gasteiger partial charge in [0.1, 0.15) is 6.54 Å². The van der Waals surface area contributed by atoms with Crippen LogP contribution in [0.3, 0.4) is 0 Å². The summed E-state index contributed by atoms with van der Waals surface area (Å²) in [7, 11) is 1.70. The molecule has 0 radical (unpaired) electrons. The molecule has 0 bridgehead atoms. The van der Waals surface area contributed by atoms with Crippen molar-refractivity contribution in [1.82, 2.24) is 9.80 Å². The molecule has 1 aliphatic heterocycles. The molecule has 25 heavy (non-hydrogen) atoms. The summed E-state index contributed by atoms with van der Waals surface area (Å²) >= 11 is 1.67. The fourth-order valence-corrected chi connectivity index (χ4v) is 3.78. The molecule has 1 heterocycles. The maximum atomic E-state index is 12.5. The van der Waals surface area contributed by atoms with Crippen LogP contribution in [0.1, 0.15) is 18.4 Å². The average molecular weight is 358 g/mol. The van der Waals surface area contributed by atoms with Crippen LogP contribution in [0, 0.1) is 11.8 Å². The van der Waals surface area contributed by atoms with Gasteiger partial charge in [-0.3, -0.25) is 19.3 Å². The lowest BCUT2D eigenvalue weighted by Gasteiger charge is -2.21. The highest BCUT2D eigenvalue weighted by atomic mass is 32.2. The molecule has 5 nitrogen and oxygen atoms in total. The number of thioether (sulfide) groups is 1. The summed E-state index contributed by atoms with van der Waals surface area (Å²) in [5.41, 5.74) is 1.02. The highest BCUT2D eigenvalue weighted by molar-refractivity contribution is 7.98. The first-order chi connectivity index (χ1) is 12.0. The van der Waals surface area contributed by atoms with Gasteiger partial charge in [-0.15, -0.1) is 11.8 Å².